The molecule has 0 atom stereocenters. The molecule has 2 rings (SSSR count). The molecule has 0 amide bonds. The third-order valence-electron chi connectivity index (χ3n) is 3.66. The first-order valence-corrected chi connectivity index (χ1v) is 7.95. The molecule has 25 heavy (non-hydrogen) atoms. The van der Waals surface area contributed by atoms with E-state index in [0.717, 1.165) is 12.0 Å². The molecule has 0 unspecified atom stereocenters. The third kappa shape index (κ3) is 5.95. The molecule has 0 heterocycles. The molecule has 0 fully saturated rings. The molecule has 2 aromatic carbocycles. The van der Waals surface area contributed by atoms with Crippen LogP contribution in [-0.2, 0) is 11.8 Å². The van der Waals surface area contributed by atoms with Crippen molar-refractivity contribution >= 4 is 11.9 Å². The Morgan fingerprint density at radius 2 is 1.32 bits per heavy atom. The first-order chi connectivity index (χ1) is 11.6. The minimum absolute atomic E-state index is 0.0231. The molecule has 0 saturated carbocycles. The number of phenolic OH excluding ortho intramolecular Hbond substituents is 1. The molecule has 0 aliphatic rings. The van der Waals surface area contributed by atoms with E-state index in [1.165, 1.54) is 29.8 Å². The summed E-state index contributed by atoms with van der Waals surface area (Å²) in [6, 6.07) is 10.9. The Morgan fingerprint density at radius 3 is 1.64 bits per heavy atom. The summed E-state index contributed by atoms with van der Waals surface area (Å²) < 4.78 is 0. The summed E-state index contributed by atoms with van der Waals surface area (Å²) in [5.41, 5.74) is 2.50. The van der Waals surface area contributed by atoms with E-state index in [-0.39, 0.29) is 16.5 Å². The Morgan fingerprint density at radius 1 is 0.880 bits per heavy atom. The highest BCUT2D eigenvalue weighted by Crippen LogP contribution is 2.31. The summed E-state index contributed by atoms with van der Waals surface area (Å²) in [6.45, 7) is 8.46. The van der Waals surface area contributed by atoms with Gasteiger partial charge in [-0.1, -0.05) is 39.8 Å². The van der Waals surface area contributed by atoms with Gasteiger partial charge >= 0.3 is 11.9 Å². The second kappa shape index (κ2) is 8.33. The zero-order valence-corrected chi connectivity index (χ0v) is 14.9. The summed E-state index contributed by atoms with van der Waals surface area (Å²) in [5, 5.41) is 26.6. The topological polar surface area (TPSA) is 94.8 Å². The van der Waals surface area contributed by atoms with Crippen molar-refractivity contribution in [3.8, 4) is 5.75 Å². The lowest BCUT2D eigenvalue weighted by Crippen LogP contribution is -2.11. The Labute approximate surface area is 147 Å². The first kappa shape index (κ1) is 20.2. The molecule has 5 heteroatoms. The molecule has 2 aromatic rings. The van der Waals surface area contributed by atoms with E-state index in [4.69, 9.17) is 10.2 Å². The van der Waals surface area contributed by atoms with Crippen LogP contribution in [0.3, 0.4) is 0 Å². The SMILES string of the molecule is CCc1ccc(O)c(C(C)(C)C)c1.O=C(O)c1ccc(C(=O)O)cc1. The Hall–Kier alpha value is -2.82. The number of aromatic carboxylic acids is 2. The molecule has 134 valence electrons. The lowest BCUT2D eigenvalue weighted by Gasteiger charge is -2.21. The molecule has 0 spiro atoms. The van der Waals surface area contributed by atoms with Crippen LogP contribution in [-0.4, -0.2) is 27.3 Å². The normalized spacial score (nSPS) is 10.6. The fraction of sp³-hybridized carbons (Fsp3) is 0.300. The maximum atomic E-state index is 10.3. The molecular weight excluding hydrogens is 320 g/mol. The van der Waals surface area contributed by atoms with Gasteiger partial charge in [-0.3, -0.25) is 0 Å². The number of carboxylic acids is 2. The van der Waals surface area contributed by atoms with Crippen LogP contribution < -0.4 is 0 Å². The van der Waals surface area contributed by atoms with Gasteiger partial charge in [0.25, 0.3) is 0 Å². The fourth-order valence-electron chi connectivity index (χ4n) is 2.16. The molecule has 0 saturated heterocycles. The zero-order valence-electron chi connectivity index (χ0n) is 14.9. The number of phenols is 1. The van der Waals surface area contributed by atoms with Gasteiger partial charge in [0.1, 0.15) is 5.75 Å². The monoisotopic (exact) mass is 344 g/mol. The number of aryl methyl sites for hydroxylation is 1. The predicted molar refractivity (Wildman–Crippen MR) is 96.5 cm³/mol. The van der Waals surface area contributed by atoms with Crippen molar-refractivity contribution in [2.75, 3.05) is 0 Å². The highest BCUT2D eigenvalue weighted by molar-refractivity contribution is 5.91. The second-order valence-corrected chi connectivity index (χ2v) is 6.64. The molecule has 0 aliphatic carbocycles. The number of carboxylic acid groups (broad SMARTS) is 2. The fourth-order valence-corrected chi connectivity index (χ4v) is 2.16. The van der Waals surface area contributed by atoms with Crippen molar-refractivity contribution in [1.82, 2.24) is 0 Å². The zero-order chi connectivity index (χ0) is 19.2. The van der Waals surface area contributed by atoms with Gasteiger partial charge in [-0.05, 0) is 53.3 Å². The van der Waals surface area contributed by atoms with Crippen molar-refractivity contribution in [2.45, 2.75) is 39.5 Å². The lowest BCUT2D eigenvalue weighted by atomic mass is 9.85. The largest absolute Gasteiger partial charge is 0.508 e. The van der Waals surface area contributed by atoms with Gasteiger partial charge in [-0.25, -0.2) is 9.59 Å². The van der Waals surface area contributed by atoms with Gasteiger partial charge in [-0.15, -0.1) is 0 Å². The number of rotatable bonds is 3. The third-order valence-corrected chi connectivity index (χ3v) is 3.66. The summed E-state index contributed by atoms with van der Waals surface area (Å²) in [5.74, 6) is -1.72. The van der Waals surface area contributed by atoms with Crippen molar-refractivity contribution in [2.24, 2.45) is 0 Å². The van der Waals surface area contributed by atoms with Crippen LogP contribution in [0.25, 0.3) is 0 Å². The van der Waals surface area contributed by atoms with E-state index < -0.39 is 11.9 Å². The van der Waals surface area contributed by atoms with Crippen molar-refractivity contribution < 1.29 is 24.9 Å². The van der Waals surface area contributed by atoms with E-state index in [1.807, 2.05) is 6.07 Å². The Bertz CT molecular complexity index is 707. The van der Waals surface area contributed by atoms with Gasteiger partial charge in [0, 0.05) is 0 Å². The van der Waals surface area contributed by atoms with Crippen LogP contribution in [0.5, 0.6) is 5.75 Å². The van der Waals surface area contributed by atoms with Gasteiger partial charge in [0.15, 0.2) is 0 Å². The summed E-state index contributed by atoms with van der Waals surface area (Å²) in [4.78, 5) is 20.7. The van der Waals surface area contributed by atoms with E-state index in [1.54, 1.807) is 6.07 Å². The maximum absolute atomic E-state index is 10.3. The summed E-state index contributed by atoms with van der Waals surface area (Å²) >= 11 is 0. The number of benzene rings is 2. The molecule has 0 radical (unpaired) electrons. The van der Waals surface area contributed by atoms with Crippen LogP contribution in [0.15, 0.2) is 42.5 Å². The quantitative estimate of drug-likeness (QED) is 0.770. The predicted octanol–water partition coefficient (Wildman–Crippen LogP) is 4.34. The standard InChI is InChI=1S/C12H18O.C8H6O4/c1-5-9-6-7-11(13)10(8-9)12(2,3)4;9-7(10)5-1-2-6(4-3-5)8(11)12/h6-8,13H,5H2,1-4H3;1-4H,(H,9,10)(H,11,12). The maximum Gasteiger partial charge on any atom is 0.335 e. The first-order valence-electron chi connectivity index (χ1n) is 7.95. The number of aromatic hydroxyl groups is 1. The average Bonchev–Trinajstić information content (AvgIpc) is 2.55. The molecule has 0 aliphatic heterocycles. The minimum atomic E-state index is -1.06. The summed E-state index contributed by atoms with van der Waals surface area (Å²) in [7, 11) is 0. The van der Waals surface area contributed by atoms with Gasteiger partial charge in [0.2, 0.25) is 0 Å². The van der Waals surface area contributed by atoms with Crippen LogP contribution in [0.4, 0.5) is 0 Å². The summed E-state index contributed by atoms with van der Waals surface area (Å²) in [6.07, 6.45) is 1.02. The van der Waals surface area contributed by atoms with Gasteiger partial charge in [0.05, 0.1) is 11.1 Å². The highest BCUT2D eigenvalue weighted by Gasteiger charge is 2.17. The van der Waals surface area contributed by atoms with Crippen molar-refractivity contribution in [3.63, 3.8) is 0 Å². The number of hydrogen-bond donors (Lipinski definition) is 3. The van der Waals surface area contributed by atoms with E-state index in [2.05, 4.69) is 33.8 Å². The molecule has 5 nitrogen and oxygen atoms in total. The van der Waals surface area contributed by atoms with Crippen molar-refractivity contribution in [3.05, 3.63) is 64.7 Å². The number of carbonyl (C=O) groups is 2. The van der Waals surface area contributed by atoms with Gasteiger partial charge < -0.3 is 15.3 Å². The average molecular weight is 344 g/mol. The molecule has 3 N–H and O–H groups in total. The minimum Gasteiger partial charge on any atom is -0.508 e. The Balaban J connectivity index is 0.000000251. The van der Waals surface area contributed by atoms with Crippen LogP contribution in [0.1, 0.15) is 59.5 Å². The van der Waals surface area contributed by atoms with Crippen molar-refractivity contribution in [1.29, 1.82) is 0 Å². The lowest BCUT2D eigenvalue weighted by molar-refractivity contribution is 0.0681. The Kier molecular flexibility index (Phi) is 6.74. The van der Waals surface area contributed by atoms with Gasteiger partial charge in [-0.2, -0.15) is 0 Å². The van der Waals surface area contributed by atoms with E-state index in [0.29, 0.717) is 5.75 Å². The molecular formula is C20H24O5. The van der Waals surface area contributed by atoms with Crippen LogP contribution in [0.2, 0.25) is 0 Å². The highest BCUT2D eigenvalue weighted by atomic mass is 16.4. The van der Waals surface area contributed by atoms with Crippen LogP contribution >= 0.6 is 0 Å². The second-order valence-electron chi connectivity index (χ2n) is 6.64. The van der Waals surface area contributed by atoms with E-state index in [9.17, 15) is 14.7 Å². The van der Waals surface area contributed by atoms with Crippen LogP contribution in [0, 0.1) is 0 Å². The smallest absolute Gasteiger partial charge is 0.335 e. The van der Waals surface area contributed by atoms with E-state index >= 15 is 0 Å². The molecule has 0 bridgehead atoms. The number of hydrogen-bond acceptors (Lipinski definition) is 3. The molecule has 0 aromatic heterocycles.